The van der Waals surface area contributed by atoms with Gasteiger partial charge in [0.15, 0.2) is 5.78 Å². The Morgan fingerprint density at radius 2 is 1.75 bits per heavy atom. The van der Waals surface area contributed by atoms with Crippen molar-refractivity contribution in [2.75, 3.05) is 6.61 Å². The Bertz CT molecular complexity index is 407. The lowest BCUT2D eigenvalue weighted by atomic mass is 10.1. The molecule has 0 aromatic heterocycles. The van der Waals surface area contributed by atoms with E-state index in [0.717, 1.165) is 31.1 Å². The smallest absolute Gasteiger partial charge is 0.188 e. The van der Waals surface area contributed by atoms with Gasteiger partial charge in [-0.2, -0.15) is 0 Å². The lowest BCUT2D eigenvalue weighted by Crippen LogP contribution is -1.98. The molecule has 1 rings (SSSR count). The van der Waals surface area contributed by atoms with Crippen LogP contribution >= 0.6 is 0 Å². The van der Waals surface area contributed by atoms with Crippen molar-refractivity contribution in [3.05, 3.63) is 42.2 Å². The van der Waals surface area contributed by atoms with E-state index in [1.165, 1.54) is 32.1 Å². The first-order chi connectivity index (χ1) is 9.77. The van der Waals surface area contributed by atoms with Crippen molar-refractivity contribution in [1.29, 1.82) is 0 Å². The fourth-order valence-corrected chi connectivity index (χ4v) is 1.95. The molecule has 0 bridgehead atoms. The van der Waals surface area contributed by atoms with E-state index >= 15 is 0 Å². The minimum Gasteiger partial charge on any atom is -0.515 e. The minimum atomic E-state index is -0.213. The summed E-state index contributed by atoms with van der Waals surface area (Å²) in [7, 11) is 0. The Labute approximate surface area is 121 Å². The zero-order valence-corrected chi connectivity index (χ0v) is 12.2. The highest BCUT2D eigenvalue weighted by Gasteiger charge is 2.02. The third-order valence-corrected chi connectivity index (χ3v) is 3.13. The normalized spacial score (nSPS) is 10.8. The van der Waals surface area contributed by atoms with Gasteiger partial charge in [-0.25, -0.2) is 0 Å². The van der Waals surface area contributed by atoms with Crippen LogP contribution < -0.4 is 4.74 Å². The van der Waals surface area contributed by atoms with Gasteiger partial charge in [-0.1, -0.05) is 39.0 Å². The van der Waals surface area contributed by atoms with Crippen LogP contribution in [-0.4, -0.2) is 17.5 Å². The summed E-state index contributed by atoms with van der Waals surface area (Å²) in [5, 5.41) is 8.55. The monoisotopic (exact) mass is 276 g/mol. The van der Waals surface area contributed by atoms with E-state index in [-0.39, 0.29) is 5.78 Å². The number of carbonyl (C=O) groups is 1. The molecule has 0 spiro atoms. The van der Waals surface area contributed by atoms with Crippen LogP contribution in [0.5, 0.6) is 5.75 Å². The molecule has 0 saturated carbocycles. The zero-order chi connectivity index (χ0) is 14.6. The SMILES string of the molecule is CCCCCCCCOc1ccc(C(=O)/C=C/O)cc1. The molecule has 0 aliphatic carbocycles. The first-order valence-corrected chi connectivity index (χ1v) is 7.36. The first kappa shape index (κ1) is 16.3. The van der Waals surface area contributed by atoms with Gasteiger partial charge in [0.1, 0.15) is 5.75 Å². The van der Waals surface area contributed by atoms with E-state index in [9.17, 15) is 4.79 Å². The lowest BCUT2D eigenvalue weighted by Gasteiger charge is -2.06. The standard InChI is InChI=1S/C17H24O3/c1-2-3-4-5-6-7-14-20-16-10-8-15(9-11-16)17(19)12-13-18/h8-13,18H,2-7,14H2,1H3/b13-12+. The summed E-state index contributed by atoms with van der Waals surface area (Å²) in [6.07, 6.45) is 9.34. The van der Waals surface area contributed by atoms with Crippen LogP contribution in [0.4, 0.5) is 0 Å². The Balaban J connectivity index is 2.23. The van der Waals surface area contributed by atoms with Gasteiger partial charge in [0.2, 0.25) is 0 Å². The number of carbonyl (C=O) groups excluding carboxylic acids is 1. The van der Waals surface area contributed by atoms with Gasteiger partial charge >= 0.3 is 0 Å². The highest BCUT2D eigenvalue weighted by Crippen LogP contribution is 2.14. The fourth-order valence-electron chi connectivity index (χ4n) is 1.95. The quantitative estimate of drug-likeness (QED) is 0.292. The van der Waals surface area contributed by atoms with Crippen molar-refractivity contribution in [2.45, 2.75) is 45.4 Å². The Kier molecular flexibility index (Phi) is 8.20. The van der Waals surface area contributed by atoms with Crippen molar-refractivity contribution >= 4 is 5.78 Å². The first-order valence-electron chi connectivity index (χ1n) is 7.36. The molecule has 0 heterocycles. The second-order valence-corrected chi connectivity index (χ2v) is 4.82. The number of hydrogen-bond donors (Lipinski definition) is 1. The molecule has 20 heavy (non-hydrogen) atoms. The molecule has 1 aromatic carbocycles. The lowest BCUT2D eigenvalue weighted by molar-refractivity contribution is 0.104. The van der Waals surface area contributed by atoms with Crippen LogP contribution in [-0.2, 0) is 0 Å². The molecular formula is C17H24O3. The molecule has 0 amide bonds. The molecule has 1 aromatic rings. The topological polar surface area (TPSA) is 46.5 Å². The molecule has 110 valence electrons. The number of rotatable bonds is 10. The highest BCUT2D eigenvalue weighted by molar-refractivity contribution is 6.04. The van der Waals surface area contributed by atoms with E-state index in [2.05, 4.69) is 6.92 Å². The van der Waals surface area contributed by atoms with Gasteiger partial charge < -0.3 is 9.84 Å². The third kappa shape index (κ3) is 6.41. The summed E-state index contributed by atoms with van der Waals surface area (Å²) in [6.45, 7) is 2.93. The van der Waals surface area contributed by atoms with Crippen LogP contribution in [0.15, 0.2) is 36.6 Å². The van der Waals surface area contributed by atoms with Gasteiger partial charge in [0.05, 0.1) is 12.9 Å². The van der Waals surface area contributed by atoms with Crippen LogP contribution in [0.2, 0.25) is 0 Å². The number of aliphatic hydroxyl groups excluding tert-OH is 1. The van der Waals surface area contributed by atoms with Gasteiger partial charge in [-0.15, -0.1) is 0 Å². The Morgan fingerprint density at radius 3 is 2.40 bits per heavy atom. The summed E-state index contributed by atoms with van der Waals surface area (Å²) in [4.78, 5) is 11.5. The van der Waals surface area contributed by atoms with Crippen LogP contribution in [0, 0.1) is 0 Å². The maximum absolute atomic E-state index is 11.5. The number of hydrogen-bond acceptors (Lipinski definition) is 3. The molecule has 3 nitrogen and oxygen atoms in total. The summed E-state index contributed by atoms with van der Waals surface area (Å²) in [6, 6.07) is 6.99. The van der Waals surface area contributed by atoms with E-state index in [4.69, 9.17) is 9.84 Å². The molecule has 0 aliphatic heterocycles. The maximum atomic E-state index is 11.5. The van der Waals surface area contributed by atoms with Crippen molar-refractivity contribution in [1.82, 2.24) is 0 Å². The number of aliphatic hydroxyl groups is 1. The molecule has 0 saturated heterocycles. The fraction of sp³-hybridized carbons (Fsp3) is 0.471. The van der Waals surface area contributed by atoms with Crippen LogP contribution in [0.25, 0.3) is 0 Å². The number of unbranched alkanes of at least 4 members (excludes halogenated alkanes) is 5. The van der Waals surface area contributed by atoms with Crippen molar-refractivity contribution in [2.24, 2.45) is 0 Å². The minimum absolute atomic E-state index is 0.213. The number of benzene rings is 1. The van der Waals surface area contributed by atoms with Crippen molar-refractivity contribution < 1.29 is 14.6 Å². The van der Waals surface area contributed by atoms with Gasteiger partial charge in [0.25, 0.3) is 0 Å². The number of ether oxygens (including phenoxy) is 1. The van der Waals surface area contributed by atoms with E-state index in [1.54, 1.807) is 24.3 Å². The summed E-state index contributed by atoms with van der Waals surface area (Å²) in [5.41, 5.74) is 0.544. The van der Waals surface area contributed by atoms with Crippen LogP contribution in [0.3, 0.4) is 0 Å². The highest BCUT2D eigenvalue weighted by atomic mass is 16.5. The van der Waals surface area contributed by atoms with Crippen molar-refractivity contribution in [3.8, 4) is 5.75 Å². The molecule has 0 atom stereocenters. The maximum Gasteiger partial charge on any atom is 0.188 e. The number of ketones is 1. The zero-order valence-electron chi connectivity index (χ0n) is 12.2. The van der Waals surface area contributed by atoms with Crippen molar-refractivity contribution in [3.63, 3.8) is 0 Å². The second-order valence-electron chi connectivity index (χ2n) is 4.82. The van der Waals surface area contributed by atoms with Gasteiger partial charge in [-0.05, 0) is 30.7 Å². The summed E-state index contributed by atoms with van der Waals surface area (Å²) >= 11 is 0. The van der Waals surface area contributed by atoms with Crippen LogP contribution in [0.1, 0.15) is 55.8 Å². The average Bonchev–Trinajstić information content (AvgIpc) is 2.47. The van der Waals surface area contributed by atoms with Gasteiger partial charge in [0, 0.05) is 11.6 Å². The van der Waals surface area contributed by atoms with E-state index in [0.29, 0.717) is 5.56 Å². The predicted molar refractivity (Wildman–Crippen MR) is 81.4 cm³/mol. The largest absolute Gasteiger partial charge is 0.515 e. The third-order valence-electron chi connectivity index (χ3n) is 3.13. The molecule has 1 N–H and O–H groups in total. The second kappa shape index (κ2) is 10.1. The molecule has 0 fully saturated rings. The predicted octanol–water partition coefficient (Wildman–Crippen LogP) is 4.68. The molecular weight excluding hydrogens is 252 g/mol. The summed E-state index contributed by atoms with van der Waals surface area (Å²) < 4.78 is 5.63. The van der Waals surface area contributed by atoms with E-state index in [1.807, 2.05) is 0 Å². The molecule has 0 radical (unpaired) electrons. The summed E-state index contributed by atoms with van der Waals surface area (Å²) in [5.74, 6) is 0.568. The molecule has 3 heteroatoms. The Morgan fingerprint density at radius 1 is 1.10 bits per heavy atom. The van der Waals surface area contributed by atoms with E-state index < -0.39 is 0 Å². The molecule has 0 unspecified atom stereocenters. The average molecular weight is 276 g/mol. The molecule has 0 aliphatic rings. The number of allylic oxidation sites excluding steroid dienone is 1. The van der Waals surface area contributed by atoms with Gasteiger partial charge in [-0.3, -0.25) is 4.79 Å². The Hall–Kier alpha value is -1.77.